The second kappa shape index (κ2) is 5.41. The first-order valence-electron chi connectivity index (χ1n) is 7.20. The predicted octanol–water partition coefficient (Wildman–Crippen LogP) is 2.84. The van der Waals surface area contributed by atoms with Crippen molar-refractivity contribution in [1.29, 1.82) is 0 Å². The maximum Gasteiger partial charge on any atom is 0.129 e. The molecule has 21 heavy (non-hydrogen) atoms. The van der Waals surface area contributed by atoms with Gasteiger partial charge < -0.3 is 15.2 Å². The molecule has 5 heteroatoms. The summed E-state index contributed by atoms with van der Waals surface area (Å²) in [7, 11) is 3.53. The van der Waals surface area contributed by atoms with Gasteiger partial charge in [-0.15, -0.1) is 0 Å². The molecule has 2 N–H and O–H groups in total. The highest BCUT2D eigenvalue weighted by atomic mass is 16.5. The summed E-state index contributed by atoms with van der Waals surface area (Å²) in [4.78, 5) is 0. The van der Waals surface area contributed by atoms with E-state index < -0.39 is 0 Å². The van der Waals surface area contributed by atoms with E-state index in [9.17, 15) is 0 Å². The predicted molar refractivity (Wildman–Crippen MR) is 82.3 cm³/mol. The second-order valence-electron chi connectivity index (χ2n) is 5.47. The summed E-state index contributed by atoms with van der Waals surface area (Å²) >= 11 is 0. The fraction of sp³-hybridized carbons (Fsp3) is 0.438. The van der Waals surface area contributed by atoms with Crippen LogP contribution < -0.4 is 10.5 Å². The SMILES string of the molecule is COc1ccc(C)cc1-c1c(C2CCCO2)nn(C)c1N. The Labute approximate surface area is 124 Å². The van der Waals surface area contributed by atoms with Crippen LogP contribution in [0.3, 0.4) is 0 Å². The molecule has 1 atom stereocenters. The summed E-state index contributed by atoms with van der Waals surface area (Å²) in [6, 6.07) is 6.09. The van der Waals surface area contributed by atoms with Crippen molar-refractivity contribution in [3.8, 4) is 16.9 Å². The molecule has 0 radical (unpaired) electrons. The van der Waals surface area contributed by atoms with Crippen LogP contribution >= 0.6 is 0 Å². The van der Waals surface area contributed by atoms with Gasteiger partial charge in [-0.05, 0) is 31.9 Å². The summed E-state index contributed by atoms with van der Waals surface area (Å²) in [5.41, 5.74) is 10.3. The van der Waals surface area contributed by atoms with Crippen LogP contribution in [0.5, 0.6) is 5.75 Å². The third-order valence-electron chi connectivity index (χ3n) is 3.98. The molecule has 1 unspecified atom stereocenters. The Hall–Kier alpha value is -2.01. The number of aryl methyl sites for hydroxylation is 2. The van der Waals surface area contributed by atoms with Gasteiger partial charge in [0.2, 0.25) is 0 Å². The summed E-state index contributed by atoms with van der Waals surface area (Å²) in [5, 5.41) is 4.58. The van der Waals surface area contributed by atoms with E-state index in [0.29, 0.717) is 5.82 Å². The molecule has 2 heterocycles. The van der Waals surface area contributed by atoms with Gasteiger partial charge in [-0.25, -0.2) is 0 Å². The third kappa shape index (κ3) is 2.38. The van der Waals surface area contributed by atoms with Crippen molar-refractivity contribution in [2.45, 2.75) is 25.9 Å². The molecule has 2 aromatic rings. The standard InChI is InChI=1S/C16H21N3O2/c1-10-6-7-12(20-3)11(9-10)14-15(13-5-4-8-21-13)18-19(2)16(14)17/h6-7,9,13H,4-5,8,17H2,1-3H3. The van der Waals surface area contributed by atoms with Crippen LogP contribution in [-0.4, -0.2) is 23.5 Å². The lowest BCUT2D eigenvalue weighted by Gasteiger charge is -2.13. The topological polar surface area (TPSA) is 62.3 Å². The summed E-state index contributed by atoms with van der Waals surface area (Å²) in [5.74, 6) is 1.45. The van der Waals surface area contributed by atoms with Crippen LogP contribution in [0, 0.1) is 6.92 Å². The first-order chi connectivity index (χ1) is 10.1. The van der Waals surface area contributed by atoms with Crippen molar-refractivity contribution >= 4 is 5.82 Å². The van der Waals surface area contributed by atoms with Crippen molar-refractivity contribution in [3.05, 3.63) is 29.5 Å². The number of ether oxygens (including phenoxy) is 2. The fourth-order valence-electron chi connectivity index (χ4n) is 2.87. The summed E-state index contributed by atoms with van der Waals surface area (Å²) < 4.78 is 13.0. The molecule has 5 nitrogen and oxygen atoms in total. The average Bonchev–Trinajstić information content (AvgIpc) is 3.08. The van der Waals surface area contributed by atoms with E-state index in [1.54, 1.807) is 11.8 Å². The molecule has 1 aromatic heterocycles. The molecule has 1 saturated heterocycles. The minimum Gasteiger partial charge on any atom is -0.496 e. The Bertz CT molecular complexity index is 658. The smallest absolute Gasteiger partial charge is 0.129 e. The van der Waals surface area contributed by atoms with Crippen LogP contribution in [0.1, 0.15) is 30.2 Å². The van der Waals surface area contributed by atoms with Crippen molar-refractivity contribution < 1.29 is 9.47 Å². The fourth-order valence-corrected chi connectivity index (χ4v) is 2.87. The number of nitrogen functional groups attached to an aromatic ring is 1. The summed E-state index contributed by atoms with van der Waals surface area (Å²) in [6.45, 7) is 2.84. The zero-order valence-corrected chi connectivity index (χ0v) is 12.7. The number of nitrogens with zero attached hydrogens (tertiary/aromatic N) is 2. The highest BCUT2D eigenvalue weighted by Crippen LogP contribution is 2.42. The van der Waals surface area contributed by atoms with Crippen molar-refractivity contribution in [3.63, 3.8) is 0 Å². The largest absolute Gasteiger partial charge is 0.496 e. The number of rotatable bonds is 3. The Morgan fingerprint density at radius 1 is 1.43 bits per heavy atom. The molecule has 3 rings (SSSR count). The minimum atomic E-state index is 0.0220. The van der Waals surface area contributed by atoms with E-state index in [1.807, 2.05) is 19.2 Å². The molecule has 1 aromatic carbocycles. The summed E-state index contributed by atoms with van der Waals surface area (Å²) in [6.07, 6.45) is 2.07. The minimum absolute atomic E-state index is 0.0220. The van der Waals surface area contributed by atoms with Gasteiger partial charge in [0.25, 0.3) is 0 Å². The van der Waals surface area contributed by atoms with E-state index in [4.69, 9.17) is 15.2 Å². The van der Waals surface area contributed by atoms with E-state index in [0.717, 1.165) is 47.6 Å². The van der Waals surface area contributed by atoms with E-state index in [-0.39, 0.29) is 6.10 Å². The van der Waals surface area contributed by atoms with E-state index in [1.165, 1.54) is 0 Å². The molecule has 0 saturated carbocycles. The van der Waals surface area contributed by atoms with Crippen molar-refractivity contribution in [2.75, 3.05) is 19.5 Å². The van der Waals surface area contributed by atoms with Crippen LogP contribution in [0.25, 0.3) is 11.1 Å². The second-order valence-corrected chi connectivity index (χ2v) is 5.47. The molecule has 0 spiro atoms. The maximum absolute atomic E-state index is 6.27. The van der Waals surface area contributed by atoms with Crippen LogP contribution in [-0.2, 0) is 11.8 Å². The van der Waals surface area contributed by atoms with E-state index >= 15 is 0 Å². The zero-order valence-electron chi connectivity index (χ0n) is 12.7. The van der Waals surface area contributed by atoms with Gasteiger partial charge in [0.1, 0.15) is 23.4 Å². The average molecular weight is 287 g/mol. The molecule has 1 aliphatic heterocycles. The number of anilines is 1. The first-order valence-corrected chi connectivity index (χ1v) is 7.20. The molecule has 0 amide bonds. The Morgan fingerprint density at radius 3 is 2.90 bits per heavy atom. The van der Waals surface area contributed by atoms with Gasteiger partial charge in [-0.2, -0.15) is 5.10 Å². The Kier molecular flexibility index (Phi) is 3.59. The third-order valence-corrected chi connectivity index (χ3v) is 3.98. The molecule has 0 aliphatic carbocycles. The highest BCUT2D eigenvalue weighted by molar-refractivity contribution is 5.81. The molecular formula is C16H21N3O2. The number of aromatic nitrogens is 2. The highest BCUT2D eigenvalue weighted by Gasteiger charge is 2.28. The van der Waals surface area contributed by atoms with Crippen LogP contribution in [0.4, 0.5) is 5.82 Å². The molecule has 1 aliphatic rings. The molecular weight excluding hydrogens is 266 g/mol. The number of nitrogens with two attached hydrogens (primary N) is 1. The number of benzene rings is 1. The zero-order chi connectivity index (χ0) is 15.0. The number of methoxy groups -OCH3 is 1. The Morgan fingerprint density at radius 2 is 2.24 bits per heavy atom. The van der Waals surface area contributed by atoms with E-state index in [2.05, 4.69) is 18.1 Å². The number of hydrogen-bond acceptors (Lipinski definition) is 4. The monoisotopic (exact) mass is 287 g/mol. The lowest BCUT2D eigenvalue weighted by atomic mass is 9.98. The lowest BCUT2D eigenvalue weighted by molar-refractivity contribution is 0.108. The lowest BCUT2D eigenvalue weighted by Crippen LogP contribution is -2.00. The van der Waals surface area contributed by atoms with Crippen LogP contribution in [0.15, 0.2) is 18.2 Å². The van der Waals surface area contributed by atoms with Gasteiger partial charge in [0.15, 0.2) is 0 Å². The number of hydrogen-bond donors (Lipinski definition) is 1. The quantitative estimate of drug-likeness (QED) is 0.943. The molecule has 0 bridgehead atoms. The van der Waals surface area contributed by atoms with Crippen LogP contribution in [0.2, 0.25) is 0 Å². The van der Waals surface area contributed by atoms with Gasteiger partial charge in [-0.1, -0.05) is 11.6 Å². The first kappa shape index (κ1) is 13.9. The normalized spacial score (nSPS) is 18.1. The Balaban J connectivity index is 2.19. The van der Waals surface area contributed by atoms with Gasteiger partial charge in [-0.3, -0.25) is 4.68 Å². The maximum atomic E-state index is 6.27. The van der Waals surface area contributed by atoms with Gasteiger partial charge in [0.05, 0.1) is 12.7 Å². The van der Waals surface area contributed by atoms with Crippen molar-refractivity contribution in [2.24, 2.45) is 7.05 Å². The van der Waals surface area contributed by atoms with Crippen molar-refractivity contribution in [1.82, 2.24) is 9.78 Å². The molecule has 112 valence electrons. The van der Waals surface area contributed by atoms with Gasteiger partial charge >= 0.3 is 0 Å². The van der Waals surface area contributed by atoms with Gasteiger partial charge in [0, 0.05) is 19.2 Å². The molecule has 1 fully saturated rings.